The van der Waals surface area contributed by atoms with Gasteiger partial charge in [0, 0.05) is 18.0 Å². The van der Waals surface area contributed by atoms with Crippen LogP contribution in [0, 0.1) is 23.0 Å². The van der Waals surface area contributed by atoms with Gasteiger partial charge in [-0.3, -0.25) is 4.98 Å². The van der Waals surface area contributed by atoms with E-state index in [1.807, 2.05) is 24.4 Å². The number of benzene rings is 3. The second kappa shape index (κ2) is 13.1. The maximum Gasteiger partial charge on any atom is 2.00 e. The van der Waals surface area contributed by atoms with E-state index in [1.165, 1.54) is 85.6 Å². The minimum atomic E-state index is 0. The van der Waals surface area contributed by atoms with Gasteiger partial charge in [-0.2, -0.15) is 30.3 Å². The monoisotopic (exact) mass is 809 g/mol. The third kappa shape index (κ3) is 6.09. The molecule has 2 spiro atoms. The maximum absolute atomic E-state index is 6.59. The summed E-state index contributed by atoms with van der Waals surface area (Å²) in [4.78, 5) is 9.97. The Hall–Kier alpha value is -3.55. The van der Waals surface area contributed by atoms with Crippen LogP contribution < -0.4 is 4.74 Å². The molecule has 2 aromatic heterocycles. The van der Waals surface area contributed by atoms with Crippen molar-refractivity contribution in [3.63, 3.8) is 0 Å². The Balaban J connectivity index is 0.00000336. The minimum Gasteiger partial charge on any atom is -0.460 e. The van der Waals surface area contributed by atoms with Crippen LogP contribution >= 0.6 is 0 Å². The summed E-state index contributed by atoms with van der Waals surface area (Å²) in [6.45, 7) is 0. The van der Waals surface area contributed by atoms with Crippen LogP contribution in [-0.2, 0) is 46.7 Å². The molecule has 4 aliphatic carbocycles. The van der Waals surface area contributed by atoms with E-state index in [2.05, 4.69) is 78.9 Å². The molecule has 2 fully saturated rings. The molecule has 48 heavy (non-hydrogen) atoms. The molecule has 0 radical (unpaired) electrons. The zero-order valence-corrected chi connectivity index (χ0v) is 29.8. The summed E-state index contributed by atoms with van der Waals surface area (Å²) in [5, 5.41) is 0. The maximum atomic E-state index is 6.59. The third-order valence-electron chi connectivity index (χ3n) is 12.0. The van der Waals surface area contributed by atoms with Gasteiger partial charge < -0.3 is 4.74 Å². The van der Waals surface area contributed by atoms with Crippen LogP contribution in [0.2, 0.25) is 0 Å². The fourth-order valence-electron chi connectivity index (χ4n) is 9.62. The number of pyridine rings is 2. The predicted molar refractivity (Wildman–Crippen MR) is 188 cm³/mol. The topological polar surface area (TPSA) is 35.0 Å². The van der Waals surface area contributed by atoms with E-state index >= 15 is 0 Å². The number of hydrogen-bond acceptors (Lipinski definition) is 3. The molecule has 2 heterocycles. The summed E-state index contributed by atoms with van der Waals surface area (Å²) in [7, 11) is 0. The first-order valence-corrected chi connectivity index (χ1v) is 17.9. The molecule has 4 heteroatoms. The van der Waals surface area contributed by atoms with Gasteiger partial charge in [-0.1, -0.05) is 55.7 Å². The molecule has 0 N–H and O–H groups in total. The average Bonchev–Trinajstić information content (AvgIpc) is 3.67. The Kier molecular flexibility index (Phi) is 8.62. The van der Waals surface area contributed by atoms with Gasteiger partial charge in [0.05, 0.1) is 11.4 Å². The number of ether oxygens (including phenoxy) is 1. The number of hydrogen-bond donors (Lipinski definition) is 0. The first-order chi connectivity index (χ1) is 23.1. The molecule has 0 atom stereocenters. The van der Waals surface area contributed by atoms with Gasteiger partial charge in [0.2, 0.25) is 5.88 Å². The Bertz CT molecular complexity index is 1890. The molecule has 9 rings (SSSR count). The molecule has 0 bridgehead atoms. The summed E-state index contributed by atoms with van der Waals surface area (Å²) in [6.07, 6.45) is 18.7. The fourth-order valence-corrected chi connectivity index (χ4v) is 9.62. The molecule has 0 amide bonds. The minimum absolute atomic E-state index is 0. The summed E-state index contributed by atoms with van der Waals surface area (Å²) in [5.74, 6) is 1.86. The number of nitrogens with zero attached hydrogens (tertiary/aromatic N) is 2. The van der Waals surface area contributed by atoms with Crippen LogP contribution in [0.3, 0.4) is 0 Å². The zero-order valence-electron chi connectivity index (χ0n) is 27.5. The SMILES string of the molecule is [Pt+2].[c-]1ccccc1-c1[c-]c(Oc2cccc(-c3nccc4c3CC3(Cc5ccccc5C3)C4)n2)cc(C2CCC3(CCCCC3)CC2)c1. The second-order valence-corrected chi connectivity index (χ2v) is 15.0. The van der Waals surface area contributed by atoms with Gasteiger partial charge >= 0.3 is 21.1 Å². The van der Waals surface area contributed by atoms with E-state index in [1.54, 1.807) is 0 Å². The second-order valence-electron chi connectivity index (χ2n) is 15.0. The smallest absolute Gasteiger partial charge is 0.460 e. The first-order valence-electron chi connectivity index (χ1n) is 17.9. The zero-order chi connectivity index (χ0) is 31.3. The predicted octanol–water partition coefficient (Wildman–Crippen LogP) is 10.7. The number of rotatable bonds is 5. The van der Waals surface area contributed by atoms with Crippen LogP contribution in [0.4, 0.5) is 0 Å². The van der Waals surface area contributed by atoms with E-state index in [0.29, 0.717) is 17.2 Å². The van der Waals surface area contributed by atoms with Gasteiger partial charge in [-0.05, 0) is 115 Å². The van der Waals surface area contributed by atoms with Crippen molar-refractivity contribution in [3.05, 3.63) is 131 Å². The van der Waals surface area contributed by atoms with Gasteiger partial charge in [0.1, 0.15) is 0 Å². The number of fused-ring (bicyclic) bond motifs is 2. The van der Waals surface area contributed by atoms with Crippen molar-refractivity contribution >= 4 is 0 Å². The van der Waals surface area contributed by atoms with Crippen LogP contribution in [0.15, 0.2) is 91.1 Å². The van der Waals surface area contributed by atoms with Crippen molar-refractivity contribution in [2.45, 2.75) is 89.4 Å². The molecule has 244 valence electrons. The molecule has 0 unspecified atom stereocenters. The molecular weight excluding hydrogens is 768 g/mol. The average molecular weight is 810 g/mol. The first kappa shape index (κ1) is 31.7. The van der Waals surface area contributed by atoms with Gasteiger partial charge in [-0.25, -0.2) is 16.1 Å². The van der Waals surface area contributed by atoms with Crippen LogP contribution in [0.1, 0.15) is 91.5 Å². The van der Waals surface area contributed by atoms with E-state index in [0.717, 1.165) is 53.9 Å². The normalized spacial score (nSPS) is 19.1. The summed E-state index contributed by atoms with van der Waals surface area (Å²) < 4.78 is 6.59. The quantitative estimate of drug-likeness (QED) is 0.166. The van der Waals surface area contributed by atoms with E-state index in [4.69, 9.17) is 14.7 Å². The standard InChI is InChI=1S/C44H42N2O.Pt/c1-3-10-31(11-4-1)36-24-37(32-16-21-43(22-17-32)19-7-2-8-20-43)26-38(25-36)47-41-15-9-14-40(46-41)42-39-30-44(29-35(39)18-23-45-42)27-33-12-5-6-13-34(33)28-44;/h1,3-6,9-10,12-15,18,23-24,26,32H,2,7-8,16-17,19-22,27-30H2;/q-2;+2. The summed E-state index contributed by atoms with van der Waals surface area (Å²) in [5.41, 5.74) is 12.0. The van der Waals surface area contributed by atoms with Crippen LogP contribution in [0.5, 0.6) is 11.6 Å². The Labute approximate surface area is 299 Å². The molecule has 3 aromatic carbocycles. The molecule has 2 saturated carbocycles. The molecule has 4 aliphatic rings. The van der Waals surface area contributed by atoms with Gasteiger partial charge in [-0.15, -0.1) is 17.7 Å². The molecule has 0 aliphatic heterocycles. The third-order valence-corrected chi connectivity index (χ3v) is 12.0. The van der Waals surface area contributed by atoms with Crippen molar-refractivity contribution < 1.29 is 25.8 Å². The number of aromatic nitrogens is 2. The van der Waals surface area contributed by atoms with Crippen LogP contribution in [0.25, 0.3) is 22.5 Å². The Morgan fingerprint density at radius 3 is 2.23 bits per heavy atom. The van der Waals surface area contributed by atoms with Crippen molar-refractivity contribution in [2.24, 2.45) is 10.8 Å². The van der Waals surface area contributed by atoms with E-state index in [-0.39, 0.29) is 26.5 Å². The van der Waals surface area contributed by atoms with Gasteiger partial charge in [0.15, 0.2) is 0 Å². The summed E-state index contributed by atoms with van der Waals surface area (Å²) in [6, 6.07) is 37.0. The van der Waals surface area contributed by atoms with Gasteiger partial charge in [0.25, 0.3) is 0 Å². The Morgan fingerprint density at radius 2 is 1.46 bits per heavy atom. The van der Waals surface area contributed by atoms with Crippen LogP contribution in [-0.4, -0.2) is 9.97 Å². The summed E-state index contributed by atoms with van der Waals surface area (Å²) >= 11 is 0. The molecule has 3 nitrogen and oxygen atoms in total. The van der Waals surface area contributed by atoms with E-state index in [9.17, 15) is 0 Å². The van der Waals surface area contributed by atoms with E-state index < -0.39 is 0 Å². The Morgan fingerprint density at radius 1 is 0.688 bits per heavy atom. The molecule has 5 aromatic rings. The molecule has 0 saturated heterocycles. The van der Waals surface area contributed by atoms with Crippen molar-refractivity contribution in [3.8, 4) is 34.1 Å². The van der Waals surface area contributed by atoms with Crippen molar-refractivity contribution in [1.82, 2.24) is 9.97 Å². The molecular formula is C44H42N2OPt. The van der Waals surface area contributed by atoms with Crippen molar-refractivity contribution in [1.29, 1.82) is 0 Å². The largest absolute Gasteiger partial charge is 2.00 e. The fraction of sp³-hybridized carbons (Fsp3) is 0.364. The van der Waals surface area contributed by atoms with Crippen molar-refractivity contribution in [2.75, 3.05) is 0 Å².